The largest absolute Gasteiger partial charge is 0.462 e. The second-order valence-corrected chi connectivity index (χ2v) is 8.67. The Kier molecular flexibility index (Phi) is 5.50. The van der Waals surface area contributed by atoms with Crippen LogP contribution in [0, 0.1) is 11.3 Å². The van der Waals surface area contributed by atoms with E-state index in [1.807, 2.05) is 20.8 Å². The van der Waals surface area contributed by atoms with E-state index in [2.05, 4.69) is 12.2 Å². The highest BCUT2D eigenvalue weighted by atomic mass is 32.1. The lowest BCUT2D eigenvalue weighted by Gasteiger charge is -2.18. The average Bonchev–Trinajstić information content (AvgIpc) is 2.73. The second-order valence-electron chi connectivity index (χ2n) is 7.56. The van der Waals surface area contributed by atoms with Gasteiger partial charge in [0.15, 0.2) is 0 Å². The van der Waals surface area contributed by atoms with Crippen molar-refractivity contribution in [1.82, 2.24) is 0 Å². The van der Waals surface area contributed by atoms with Crippen LogP contribution in [-0.4, -0.2) is 18.5 Å². The predicted octanol–water partition coefficient (Wildman–Crippen LogP) is 4.42. The molecule has 0 unspecified atom stereocenters. The van der Waals surface area contributed by atoms with Gasteiger partial charge < -0.3 is 10.1 Å². The summed E-state index contributed by atoms with van der Waals surface area (Å²) < 4.78 is 5.22. The molecule has 5 heteroatoms. The molecule has 0 aliphatic heterocycles. The van der Waals surface area contributed by atoms with Crippen LogP contribution >= 0.6 is 11.3 Å². The molecule has 23 heavy (non-hydrogen) atoms. The Morgan fingerprint density at radius 1 is 1.35 bits per heavy atom. The number of carbonyl (C=O) groups is 2. The molecule has 1 amide bonds. The topological polar surface area (TPSA) is 55.4 Å². The lowest BCUT2D eigenvalue weighted by molar-refractivity contribution is -0.117. The Morgan fingerprint density at radius 2 is 2.04 bits per heavy atom. The van der Waals surface area contributed by atoms with Crippen LogP contribution in [0.25, 0.3) is 0 Å². The van der Waals surface area contributed by atoms with Crippen molar-refractivity contribution in [1.29, 1.82) is 0 Å². The number of carbonyl (C=O) groups excluding carboxylic acids is 2. The Balaban J connectivity index is 2.30. The Bertz CT molecular complexity index is 598. The minimum absolute atomic E-state index is 0.0466. The number of thiophene rings is 1. The molecule has 0 radical (unpaired) electrons. The lowest BCUT2D eigenvalue weighted by atomic mass is 9.88. The first kappa shape index (κ1) is 18.0. The second kappa shape index (κ2) is 7.04. The minimum Gasteiger partial charge on any atom is -0.462 e. The van der Waals surface area contributed by atoms with Crippen molar-refractivity contribution in [2.24, 2.45) is 11.3 Å². The summed E-state index contributed by atoms with van der Waals surface area (Å²) in [4.78, 5) is 25.9. The number of rotatable bonds is 4. The van der Waals surface area contributed by atoms with Crippen molar-refractivity contribution >= 4 is 28.2 Å². The molecule has 128 valence electrons. The van der Waals surface area contributed by atoms with E-state index in [1.54, 1.807) is 18.3 Å². The standard InChI is InChI=1S/C18H27NO3S/c1-6-22-17(21)15-12-8-7-11(2)9-13(12)23-16(15)19-14(20)10-18(3,4)5/h11H,6-10H2,1-5H3,(H,19,20)/t11-/m1/s1. The van der Waals surface area contributed by atoms with Gasteiger partial charge >= 0.3 is 5.97 Å². The van der Waals surface area contributed by atoms with Gasteiger partial charge in [-0.05, 0) is 43.1 Å². The number of amides is 1. The van der Waals surface area contributed by atoms with Gasteiger partial charge in [0.1, 0.15) is 5.00 Å². The monoisotopic (exact) mass is 337 g/mol. The quantitative estimate of drug-likeness (QED) is 0.827. The van der Waals surface area contributed by atoms with Crippen LogP contribution in [0.4, 0.5) is 5.00 Å². The summed E-state index contributed by atoms with van der Waals surface area (Å²) >= 11 is 1.54. The molecule has 0 aromatic carbocycles. The van der Waals surface area contributed by atoms with Crippen LogP contribution in [-0.2, 0) is 22.4 Å². The molecule has 0 bridgehead atoms. The summed E-state index contributed by atoms with van der Waals surface area (Å²) in [7, 11) is 0. The molecule has 1 aromatic heterocycles. The maximum atomic E-state index is 12.4. The average molecular weight is 337 g/mol. The number of anilines is 1. The number of ether oxygens (including phenoxy) is 1. The first-order valence-electron chi connectivity index (χ1n) is 8.32. The molecular weight excluding hydrogens is 310 g/mol. The molecule has 1 aliphatic rings. The maximum absolute atomic E-state index is 12.4. The van der Waals surface area contributed by atoms with Gasteiger partial charge in [0.2, 0.25) is 5.91 Å². The van der Waals surface area contributed by atoms with Gasteiger partial charge in [0.25, 0.3) is 0 Å². The third-order valence-electron chi connectivity index (χ3n) is 3.94. The molecule has 1 atom stereocenters. The highest BCUT2D eigenvalue weighted by molar-refractivity contribution is 7.17. The third-order valence-corrected chi connectivity index (χ3v) is 5.10. The van der Waals surface area contributed by atoms with Crippen molar-refractivity contribution < 1.29 is 14.3 Å². The normalized spacial score (nSPS) is 17.5. The van der Waals surface area contributed by atoms with Gasteiger partial charge in [-0.1, -0.05) is 27.7 Å². The first-order valence-corrected chi connectivity index (χ1v) is 9.14. The minimum atomic E-state index is -0.314. The van der Waals surface area contributed by atoms with Crippen LogP contribution in [0.2, 0.25) is 0 Å². The van der Waals surface area contributed by atoms with Crippen molar-refractivity contribution in [2.75, 3.05) is 11.9 Å². The van der Waals surface area contributed by atoms with E-state index < -0.39 is 0 Å². The predicted molar refractivity (Wildman–Crippen MR) is 94.2 cm³/mol. The first-order chi connectivity index (χ1) is 10.7. The molecule has 0 saturated carbocycles. The summed E-state index contributed by atoms with van der Waals surface area (Å²) in [6.07, 6.45) is 3.36. The summed E-state index contributed by atoms with van der Waals surface area (Å²) in [5, 5.41) is 3.62. The third kappa shape index (κ3) is 4.56. The number of hydrogen-bond donors (Lipinski definition) is 1. The van der Waals surface area contributed by atoms with Gasteiger partial charge in [0.05, 0.1) is 12.2 Å². The SMILES string of the molecule is CCOC(=O)c1c(NC(=O)CC(C)(C)C)sc2c1CC[C@@H](C)C2. The molecule has 1 N–H and O–H groups in total. The van der Waals surface area contributed by atoms with E-state index in [-0.39, 0.29) is 17.3 Å². The highest BCUT2D eigenvalue weighted by Crippen LogP contribution is 2.40. The van der Waals surface area contributed by atoms with E-state index in [4.69, 9.17) is 4.74 Å². The zero-order chi connectivity index (χ0) is 17.2. The molecule has 1 heterocycles. The molecule has 2 rings (SSSR count). The van der Waals surface area contributed by atoms with Crippen LogP contribution in [0.3, 0.4) is 0 Å². The Hall–Kier alpha value is -1.36. The van der Waals surface area contributed by atoms with Crippen LogP contribution in [0.5, 0.6) is 0 Å². The molecule has 0 fully saturated rings. The lowest BCUT2D eigenvalue weighted by Crippen LogP contribution is -2.21. The Morgan fingerprint density at radius 3 is 2.65 bits per heavy atom. The fraction of sp³-hybridized carbons (Fsp3) is 0.667. The van der Waals surface area contributed by atoms with Crippen molar-refractivity contribution in [2.45, 2.75) is 60.3 Å². The molecule has 1 aliphatic carbocycles. The van der Waals surface area contributed by atoms with Crippen molar-refractivity contribution in [3.8, 4) is 0 Å². The molecule has 0 spiro atoms. The Labute approximate surface area is 142 Å². The summed E-state index contributed by atoms with van der Waals surface area (Å²) in [5.74, 6) is 0.259. The van der Waals surface area contributed by atoms with Crippen LogP contribution < -0.4 is 5.32 Å². The summed E-state index contributed by atoms with van der Waals surface area (Å²) in [6, 6.07) is 0. The number of esters is 1. The van der Waals surface area contributed by atoms with Crippen LogP contribution in [0.1, 0.15) is 68.3 Å². The van der Waals surface area contributed by atoms with E-state index in [0.29, 0.717) is 29.5 Å². The molecule has 1 aromatic rings. The fourth-order valence-electron chi connectivity index (χ4n) is 2.91. The number of nitrogens with one attached hydrogen (secondary N) is 1. The zero-order valence-corrected chi connectivity index (χ0v) is 15.6. The zero-order valence-electron chi connectivity index (χ0n) is 14.7. The van der Waals surface area contributed by atoms with E-state index >= 15 is 0 Å². The molecule has 4 nitrogen and oxygen atoms in total. The number of fused-ring (bicyclic) bond motifs is 1. The van der Waals surface area contributed by atoms with E-state index in [1.165, 1.54) is 4.88 Å². The fourth-order valence-corrected chi connectivity index (χ4v) is 4.33. The van der Waals surface area contributed by atoms with E-state index in [9.17, 15) is 9.59 Å². The van der Waals surface area contributed by atoms with Crippen molar-refractivity contribution in [3.05, 3.63) is 16.0 Å². The highest BCUT2D eigenvalue weighted by Gasteiger charge is 2.29. The van der Waals surface area contributed by atoms with Gasteiger partial charge in [-0.25, -0.2) is 4.79 Å². The van der Waals surface area contributed by atoms with Gasteiger partial charge in [-0.3, -0.25) is 4.79 Å². The van der Waals surface area contributed by atoms with Crippen LogP contribution in [0.15, 0.2) is 0 Å². The molecular formula is C18H27NO3S. The smallest absolute Gasteiger partial charge is 0.341 e. The number of hydrogen-bond acceptors (Lipinski definition) is 4. The molecule has 0 saturated heterocycles. The van der Waals surface area contributed by atoms with Crippen molar-refractivity contribution in [3.63, 3.8) is 0 Å². The van der Waals surface area contributed by atoms with Gasteiger partial charge in [-0.2, -0.15) is 0 Å². The van der Waals surface area contributed by atoms with Gasteiger partial charge in [0, 0.05) is 11.3 Å². The van der Waals surface area contributed by atoms with Gasteiger partial charge in [-0.15, -0.1) is 11.3 Å². The summed E-state index contributed by atoms with van der Waals surface area (Å²) in [5.41, 5.74) is 1.58. The summed E-state index contributed by atoms with van der Waals surface area (Å²) in [6.45, 7) is 10.5. The van der Waals surface area contributed by atoms with E-state index in [0.717, 1.165) is 24.8 Å². The maximum Gasteiger partial charge on any atom is 0.341 e.